The van der Waals surface area contributed by atoms with E-state index >= 15 is 0 Å². The Morgan fingerprint density at radius 2 is 1.38 bits per heavy atom. The van der Waals surface area contributed by atoms with Gasteiger partial charge in [-0.05, 0) is 35.4 Å². The van der Waals surface area contributed by atoms with Crippen LogP contribution < -0.4 is 10.2 Å². The van der Waals surface area contributed by atoms with Gasteiger partial charge in [0.2, 0.25) is 0 Å². The minimum atomic E-state index is -0.0415. The average molecular weight is 396 g/mol. The zero-order valence-electron chi connectivity index (χ0n) is 16.8. The van der Waals surface area contributed by atoms with Gasteiger partial charge >= 0.3 is 0 Å². The molecule has 0 radical (unpaired) electrons. The molecule has 6 heteroatoms. The fourth-order valence-electron chi connectivity index (χ4n) is 3.71. The van der Waals surface area contributed by atoms with Crippen LogP contribution in [0.1, 0.15) is 21.5 Å². The van der Waals surface area contributed by atoms with Crippen LogP contribution >= 0.6 is 0 Å². The Bertz CT molecular complexity index is 780. The lowest BCUT2D eigenvalue weighted by molar-refractivity contribution is 0.0342. The lowest BCUT2D eigenvalue weighted by Gasteiger charge is -2.28. The second-order valence-electron chi connectivity index (χ2n) is 7.53. The third-order valence-electron chi connectivity index (χ3n) is 5.49. The minimum Gasteiger partial charge on any atom is -0.379 e. The van der Waals surface area contributed by atoms with E-state index in [1.807, 2.05) is 24.3 Å². The molecule has 1 N–H and O–H groups in total. The molecule has 0 aliphatic carbocycles. The number of ether oxygens (including phenoxy) is 2. The Morgan fingerprint density at radius 1 is 0.793 bits per heavy atom. The van der Waals surface area contributed by atoms with Gasteiger partial charge in [-0.1, -0.05) is 24.3 Å². The lowest BCUT2D eigenvalue weighted by atomic mass is 10.1. The standard InChI is InChI=1S/C23H29N3O3/c27-23(21-5-1-20(2-6-21)18-25-9-13-28-14-10-25)24-17-19-3-7-22(8-4-19)26-11-15-29-16-12-26/h1-8H,9-18H2,(H,24,27). The molecule has 0 saturated carbocycles. The molecule has 4 rings (SSSR count). The normalized spacial score (nSPS) is 17.9. The summed E-state index contributed by atoms with van der Waals surface area (Å²) in [6.45, 7) is 8.38. The largest absolute Gasteiger partial charge is 0.379 e. The van der Waals surface area contributed by atoms with Crippen molar-refractivity contribution in [3.8, 4) is 0 Å². The molecule has 2 aromatic rings. The molecule has 6 nitrogen and oxygen atoms in total. The number of nitrogens with zero attached hydrogens (tertiary/aromatic N) is 2. The Hall–Kier alpha value is -2.41. The highest BCUT2D eigenvalue weighted by Crippen LogP contribution is 2.17. The van der Waals surface area contributed by atoms with Gasteiger partial charge in [0.15, 0.2) is 0 Å². The van der Waals surface area contributed by atoms with E-state index in [-0.39, 0.29) is 5.91 Å². The summed E-state index contributed by atoms with van der Waals surface area (Å²) in [5.41, 5.74) is 4.22. The van der Waals surface area contributed by atoms with Crippen LogP contribution in [0, 0.1) is 0 Å². The number of carbonyl (C=O) groups excluding carboxylic acids is 1. The van der Waals surface area contributed by atoms with Gasteiger partial charge in [0.05, 0.1) is 26.4 Å². The van der Waals surface area contributed by atoms with Crippen molar-refractivity contribution in [2.45, 2.75) is 13.1 Å². The first kappa shape index (κ1) is 19.9. The van der Waals surface area contributed by atoms with Crippen molar-refractivity contribution in [2.75, 3.05) is 57.5 Å². The maximum Gasteiger partial charge on any atom is 0.251 e. The molecule has 1 amide bonds. The maximum atomic E-state index is 12.5. The van der Waals surface area contributed by atoms with Crippen LogP contribution in [0.4, 0.5) is 5.69 Å². The monoisotopic (exact) mass is 395 g/mol. The Labute approximate surface area is 172 Å². The van der Waals surface area contributed by atoms with E-state index in [1.165, 1.54) is 11.3 Å². The third-order valence-corrected chi connectivity index (χ3v) is 5.49. The summed E-state index contributed by atoms with van der Waals surface area (Å²) in [6.07, 6.45) is 0. The Kier molecular flexibility index (Phi) is 6.77. The van der Waals surface area contributed by atoms with Crippen molar-refractivity contribution in [3.63, 3.8) is 0 Å². The quantitative estimate of drug-likeness (QED) is 0.813. The number of anilines is 1. The highest BCUT2D eigenvalue weighted by Gasteiger charge is 2.12. The van der Waals surface area contributed by atoms with Gasteiger partial charge in [0.25, 0.3) is 5.91 Å². The van der Waals surface area contributed by atoms with Gasteiger partial charge in [-0.3, -0.25) is 9.69 Å². The molecule has 154 valence electrons. The molecular weight excluding hydrogens is 366 g/mol. The first-order valence-electron chi connectivity index (χ1n) is 10.4. The third kappa shape index (κ3) is 5.56. The summed E-state index contributed by atoms with van der Waals surface area (Å²) in [5, 5.41) is 3.02. The van der Waals surface area contributed by atoms with Gasteiger partial charge in [0, 0.05) is 50.5 Å². The molecule has 2 aliphatic heterocycles. The lowest BCUT2D eigenvalue weighted by Crippen LogP contribution is -2.36. The second-order valence-corrected chi connectivity index (χ2v) is 7.53. The molecule has 2 saturated heterocycles. The van der Waals surface area contributed by atoms with E-state index in [2.05, 4.69) is 39.4 Å². The molecule has 2 heterocycles. The maximum absolute atomic E-state index is 12.5. The molecule has 0 bridgehead atoms. The molecular formula is C23H29N3O3. The summed E-state index contributed by atoms with van der Waals surface area (Å²) in [5.74, 6) is -0.0415. The molecule has 2 aliphatic rings. The predicted octanol–water partition coefficient (Wildman–Crippen LogP) is 2.29. The van der Waals surface area contributed by atoms with Crippen LogP contribution in [-0.4, -0.2) is 63.4 Å². The van der Waals surface area contributed by atoms with Crippen LogP contribution in [0.5, 0.6) is 0 Å². The summed E-state index contributed by atoms with van der Waals surface area (Å²) in [7, 11) is 0. The second kappa shape index (κ2) is 9.87. The number of morpholine rings is 2. The fourth-order valence-corrected chi connectivity index (χ4v) is 3.71. The van der Waals surface area contributed by atoms with Gasteiger partial charge in [-0.2, -0.15) is 0 Å². The summed E-state index contributed by atoms with van der Waals surface area (Å²) >= 11 is 0. The van der Waals surface area contributed by atoms with Crippen molar-refractivity contribution in [1.82, 2.24) is 10.2 Å². The van der Waals surface area contributed by atoms with E-state index in [0.29, 0.717) is 12.1 Å². The van der Waals surface area contributed by atoms with E-state index in [9.17, 15) is 4.79 Å². The fraction of sp³-hybridized carbons (Fsp3) is 0.435. The topological polar surface area (TPSA) is 54.0 Å². The average Bonchev–Trinajstić information content (AvgIpc) is 2.80. The summed E-state index contributed by atoms with van der Waals surface area (Å²) in [6, 6.07) is 16.3. The number of amides is 1. The SMILES string of the molecule is O=C(NCc1ccc(N2CCOCC2)cc1)c1ccc(CN2CCOCC2)cc1. The number of rotatable bonds is 6. The van der Waals surface area contributed by atoms with Crippen molar-refractivity contribution >= 4 is 11.6 Å². The molecule has 29 heavy (non-hydrogen) atoms. The number of benzene rings is 2. The smallest absolute Gasteiger partial charge is 0.251 e. The highest BCUT2D eigenvalue weighted by molar-refractivity contribution is 5.94. The van der Waals surface area contributed by atoms with E-state index < -0.39 is 0 Å². The van der Waals surface area contributed by atoms with Gasteiger partial charge in [0.1, 0.15) is 0 Å². The van der Waals surface area contributed by atoms with Crippen LogP contribution in [0.25, 0.3) is 0 Å². The highest BCUT2D eigenvalue weighted by atomic mass is 16.5. The van der Waals surface area contributed by atoms with Crippen molar-refractivity contribution < 1.29 is 14.3 Å². The summed E-state index contributed by atoms with van der Waals surface area (Å²) < 4.78 is 10.8. The van der Waals surface area contributed by atoms with Gasteiger partial charge < -0.3 is 19.7 Å². The predicted molar refractivity (Wildman–Crippen MR) is 113 cm³/mol. The van der Waals surface area contributed by atoms with E-state index in [1.54, 1.807) is 0 Å². The summed E-state index contributed by atoms with van der Waals surface area (Å²) in [4.78, 5) is 17.2. The molecule has 2 fully saturated rings. The van der Waals surface area contributed by atoms with Crippen LogP contribution in [-0.2, 0) is 22.6 Å². The first-order valence-corrected chi connectivity index (χ1v) is 10.4. The molecule has 0 aromatic heterocycles. The van der Waals surface area contributed by atoms with Crippen molar-refractivity contribution in [2.24, 2.45) is 0 Å². The molecule has 0 atom stereocenters. The van der Waals surface area contributed by atoms with Crippen LogP contribution in [0.3, 0.4) is 0 Å². The van der Waals surface area contributed by atoms with E-state index in [4.69, 9.17) is 9.47 Å². The first-order chi connectivity index (χ1) is 14.3. The zero-order chi connectivity index (χ0) is 19.9. The van der Waals surface area contributed by atoms with Crippen LogP contribution in [0.2, 0.25) is 0 Å². The number of nitrogens with one attached hydrogen (secondary N) is 1. The number of carbonyl (C=O) groups is 1. The Balaban J connectivity index is 1.26. The van der Waals surface area contributed by atoms with E-state index in [0.717, 1.165) is 64.7 Å². The van der Waals surface area contributed by atoms with Gasteiger partial charge in [-0.25, -0.2) is 0 Å². The Morgan fingerprint density at radius 3 is 2.03 bits per heavy atom. The van der Waals surface area contributed by atoms with Crippen molar-refractivity contribution in [3.05, 3.63) is 65.2 Å². The van der Waals surface area contributed by atoms with Gasteiger partial charge in [-0.15, -0.1) is 0 Å². The minimum absolute atomic E-state index is 0.0415. The molecule has 0 spiro atoms. The van der Waals surface area contributed by atoms with Crippen LogP contribution in [0.15, 0.2) is 48.5 Å². The molecule has 2 aromatic carbocycles. The van der Waals surface area contributed by atoms with Crippen molar-refractivity contribution in [1.29, 1.82) is 0 Å². The molecule has 0 unspecified atom stereocenters. The number of hydrogen-bond acceptors (Lipinski definition) is 5. The number of hydrogen-bond donors (Lipinski definition) is 1. The zero-order valence-corrected chi connectivity index (χ0v) is 16.8.